The van der Waals surface area contributed by atoms with Gasteiger partial charge in [0.15, 0.2) is 11.5 Å². The fourth-order valence-corrected chi connectivity index (χ4v) is 2.26. The van der Waals surface area contributed by atoms with Crippen LogP contribution in [0, 0.1) is 0 Å². The van der Waals surface area contributed by atoms with Crippen molar-refractivity contribution in [2.45, 2.75) is 6.61 Å². The second-order valence-corrected chi connectivity index (χ2v) is 5.04. The van der Waals surface area contributed by atoms with Gasteiger partial charge >= 0.3 is 12.1 Å². The fourth-order valence-electron chi connectivity index (χ4n) is 2.26. The lowest BCUT2D eigenvalue weighted by molar-refractivity contribution is 0.0686. The number of fused-ring (bicyclic) bond motifs is 1. The van der Waals surface area contributed by atoms with Gasteiger partial charge in [-0.2, -0.15) is 0 Å². The average Bonchev–Trinajstić information content (AvgIpc) is 2.60. The zero-order valence-corrected chi connectivity index (χ0v) is 12.7. The normalized spacial score (nSPS) is 12.3. The van der Waals surface area contributed by atoms with Crippen LogP contribution in [0.2, 0.25) is 0 Å². The smallest absolute Gasteiger partial charge is 0.411 e. The highest BCUT2D eigenvalue weighted by Crippen LogP contribution is 2.37. The molecule has 0 aromatic heterocycles. The van der Waals surface area contributed by atoms with E-state index in [-0.39, 0.29) is 36.0 Å². The Balaban J connectivity index is 1.71. The molecule has 2 N–H and O–H groups in total. The number of carbonyl (C=O) groups is 2. The number of carboxylic acid groups (broad SMARTS) is 1. The van der Waals surface area contributed by atoms with E-state index >= 15 is 0 Å². The number of hydrogen-bond donors (Lipinski definition) is 2. The van der Waals surface area contributed by atoms with Crippen LogP contribution in [0.3, 0.4) is 0 Å². The minimum absolute atomic E-state index is 0.0782. The molecule has 7 nitrogen and oxygen atoms in total. The predicted molar refractivity (Wildman–Crippen MR) is 84.6 cm³/mol. The van der Waals surface area contributed by atoms with Gasteiger partial charge in [-0.25, -0.2) is 9.59 Å². The topological polar surface area (TPSA) is 94.1 Å². The summed E-state index contributed by atoms with van der Waals surface area (Å²) in [4.78, 5) is 23.2. The first kappa shape index (κ1) is 15.7. The Morgan fingerprint density at radius 3 is 2.62 bits per heavy atom. The molecule has 0 spiro atoms. The first-order valence-corrected chi connectivity index (χ1v) is 7.28. The summed E-state index contributed by atoms with van der Waals surface area (Å²) >= 11 is 0. The number of anilines is 1. The van der Waals surface area contributed by atoms with Gasteiger partial charge < -0.3 is 19.3 Å². The number of aromatic carboxylic acids is 1. The van der Waals surface area contributed by atoms with E-state index in [1.54, 1.807) is 0 Å². The minimum Gasteiger partial charge on any atom is -0.486 e. The Bertz CT molecular complexity index is 759. The molecule has 1 aliphatic rings. The number of ether oxygens (including phenoxy) is 3. The summed E-state index contributed by atoms with van der Waals surface area (Å²) in [5.74, 6) is -0.727. The van der Waals surface area contributed by atoms with Gasteiger partial charge in [-0.3, -0.25) is 5.32 Å². The molecule has 7 heteroatoms. The predicted octanol–water partition coefficient (Wildman–Crippen LogP) is 2.90. The summed E-state index contributed by atoms with van der Waals surface area (Å²) in [6.07, 6.45) is -0.688. The summed E-state index contributed by atoms with van der Waals surface area (Å²) in [6.45, 7) is 0.705. The van der Waals surface area contributed by atoms with E-state index in [2.05, 4.69) is 5.32 Å². The third-order valence-electron chi connectivity index (χ3n) is 3.33. The second-order valence-electron chi connectivity index (χ2n) is 5.04. The Morgan fingerprint density at radius 1 is 1.12 bits per heavy atom. The number of carboxylic acids is 1. The average molecular weight is 329 g/mol. The Morgan fingerprint density at radius 2 is 1.88 bits per heavy atom. The number of nitrogens with one attached hydrogen (secondary N) is 1. The first-order chi connectivity index (χ1) is 11.6. The van der Waals surface area contributed by atoms with Crippen LogP contribution in [0.25, 0.3) is 0 Å². The molecular formula is C17H15NO6. The van der Waals surface area contributed by atoms with Crippen LogP contribution >= 0.6 is 0 Å². The fraction of sp³-hybridized carbons (Fsp3) is 0.176. The summed E-state index contributed by atoms with van der Waals surface area (Å²) in [7, 11) is 0. The summed E-state index contributed by atoms with van der Waals surface area (Å²) in [6, 6.07) is 12.0. The van der Waals surface area contributed by atoms with Gasteiger partial charge in [0.1, 0.15) is 25.4 Å². The van der Waals surface area contributed by atoms with Gasteiger partial charge in [-0.15, -0.1) is 0 Å². The largest absolute Gasteiger partial charge is 0.486 e. The van der Waals surface area contributed by atoms with Crippen molar-refractivity contribution >= 4 is 17.7 Å². The molecule has 2 aromatic rings. The molecule has 0 aliphatic carbocycles. The van der Waals surface area contributed by atoms with Crippen LogP contribution in [0.15, 0.2) is 42.5 Å². The lowest BCUT2D eigenvalue weighted by Crippen LogP contribution is -2.19. The molecule has 24 heavy (non-hydrogen) atoms. The van der Waals surface area contributed by atoms with Gasteiger partial charge in [0.2, 0.25) is 0 Å². The van der Waals surface area contributed by atoms with Gasteiger partial charge in [0, 0.05) is 11.8 Å². The standard InChI is InChI=1S/C17H15NO6/c19-16(20)13-8-12(9-14-15(13)23-7-6-22-14)18-17(21)24-10-11-4-2-1-3-5-11/h1-5,8-9H,6-7,10H2,(H,18,21)(H,19,20). The molecule has 0 saturated heterocycles. The van der Waals surface area contributed by atoms with Gasteiger partial charge in [0.05, 0.1) is 0 Å². The maximum Gasteiger partial charge on any atom is 0.411 e. The van der Waals surface area contributed by atoms with E-state index in [9.17, 15) is 14.7 Å². The van der Waals surface area contributed by atoms with Gasteiger partial charge in [-0.05, 0) is 11.6 Å². The zero-order valence-electron chi connectivity index (χ0n) is 12.7. The third-order valence-corrected chi connectivity index (χ3v) is 3.33. The molecule has 124 valence electrons. The van der Waals surface area contributed by atoms with Crippen molar-refractivity contribution in [3.8, 4) is 11.5 Å². The van der Waals surface area contributed by atoms with Crippen LogP contribution in [0.1, 0.15) is 15.9 Å². The molecule has 0 radical (unpaired) electrons. The van der Waals surface area contributed by atoms with Crippen LogP contribution in [-0.4, -0.2) is 30.4 Å². The Hall–Kier alpha value is -3.22. The monoisotopic (exact) mass is 329 g/mol. The molecule has 0 bridgehead atoms. The van der Waals surface area contributed by atoms with Crippen LogP contribution < -0.4 is 14.8 Å². The first-order valence-electron chi connectivity index (χ1n) is 7.28. The van der Waals surface area contributed by atoms with Crippen molar-refractivity contribution in [2.75, 3.05) is 18.5 Å². The number of amides is 1. The molecule has 1 heterocycles. The van der Waals surface area contributed by atoms with Crippen molar-refractivity contribution in [3.63, 3.8) is 0 Å². The maximum absolute atomic E-state index is 11.9. The summed E-state index contributed by atoms with van der Waals surface area (Å²) in [5, 5.41) is 11.8. The quantitative estimate of drug-likeness (QED) is 0.896. The molecule has 2 aromatic carbocycles. The number of carbonyl (C=O) groups excluding carboxylic acids is 1. The van der Waals surface area contributed by atoms with E-state index in [4.69, 9.17) is 14.2 Å². The van der Waals surface area contributed by atoms with Crippen LogP contribution in [0.5, 0.6) is 11.5 Å². The second kappa shape index (κ2) is 6.91. The Labute approximate surface area is 137 Å². The van der Waals surface area contributed by atoms with Crippen molar-refractivity contribution in [3.05, 3.63) is 53.6 Å². The van der Waals surface area contributed by atoms with Crippen molar-refractivity contribution in [1.82, 2.24) is 0 Å². The molecule has 1 amide bonds. The highest BCUT2D eigenvalue weighted by Gasteiger charge is 2.22. The summed E-state index contributed by atoms with van der Waals surface area (Å²) in [5.41, 5.74) is 1.03. The molecule has 3 rings (SSSR count). The highest BCUT2D eigenvalue weighted by atomic mass is 16.6. The van der Waals surface area contributed by atoms with Crippen molar-refractivity contribution in [2.24, 2.45) is 0 Å². The lowest BCUT2D eigenvalue weighted by atomic mass is 10.1. The molecule has 0 atom stereocenters. The van der Waals surface area contributed by atoms with E-state index in [0.29, 0.717) is 6.61 Å². The van der Waals surface area contributed by atoms with Crippen molar-refractivity contribution in [1.29, 1.82) is 0 Å². The molecule has 1 aliphatic heterocycles. The van der Waals surface area contributed by atoms with E-state index in [1.807, 2.05) is 30.3 Å². The minimum atomic E-state index is -1.17. The SMILES string of the molecule is O=C(Nc1cc2c(c(C(=O)O)c1)OCCO2)OCc1ccccc1. The zero-order chi connectivity index (χ0) is 16.9. The number of rotatable bonds is 4. The van der Waals surface area contributed by atoms with Gasteiger partial charge in [-0.1, -0.05) is 30.3 Å². The van der Waals surface area contributed by atoms with Crippen LogP contribution in [-0.2, 0) is 11.3 Å². The van der Waals surface area contributed by atoms with E-state index in [1.165, 1.54) is 12.1 Å². The highest BCUT2D eigenvalue weighted by molar-refractivity contribution is 5.95. The van der Waals surface area contributed by atoms with E-state index in [0.717, 1.165) is 5.56 Å². The molecular weight excluding hydrogens is 314 g/mol. The number of benzene rings is 2. The Kier molecular flexibility index (Phi) is 4.51. The molecule has 0 fully saturated rings. The third kappa shape index (κ3) is 3.57. The summed E-state index contributed by atoms with van der Waals surface area (Å²) < 4.78 is 15.8. The number of hydrogen-bond acceptors (Lipinski definition) is 5. The van der Waals surface area contributed by atoms with E-state index < -0.39 is 12.1 Å². The van der Waals surface area contributed by atoms with Gasteiger partial charge in [0.25, 0.3) is 0 Å². The molecule has 0 unspecified atom stereocenters. The maximum atomic E-state index is 11.9. The molecule has 0 saturated carbocycles. The van der Waals surface area contributed by atoms with Crippen molar-refractivity contribution < 1.29 is 28.9 Å². The van der Waals surface area contributed by atoms with Crippen LogP contribution in [0.4, 0.5) is 10.5 Å². The lowest BCUT2D eigenvalue weighted by Gasteiger charge is -2.21.